The summed E-state index contributed by atoms with van der Waals surface area (Å²) in [5, 5.41) is 0. The summed E-state index contributed by atoms with van der Waals surface area (Å²) in [5.74, 6) is 6.28. The maximum atomic E-state index is 12.5. The molecule has 1 unspecified atom stereocenters. The molecule has 0 bridgehead atoms. The van der Waals surface area contributed by atoms with Gasteiger partial charge in [0.1, 0.15) is 0 Å². The minimum atomic E-state index is 0.144. The summed E-state index contributed by atoms with van der Waals surface area (Å²) < 4.78 is 0. The number of hydrogen-bond donors (Lipinski definition) is 2. The van der Waals surface area contributed by atoms with Crippen LogP contribution in [0.5, 0.6) is 0 Å². The van der Waals surface area contributed by atoms with Gasteiger partial charge < -0.3 is 10.3 Å². The van der Waals surface area contributed by atoms with E-state index in [9.17, 15) is 4.79 Å². The molecule has 0 saturated carbocycles. The molecule has 1 aliphatic heterocycles. The van der Waals surface area contributed by atoms with E-state index in [4.69, 9.17) is 5.84 Å². The third-order valence-electron chi connectivity index (χ3n) is 4.13. The van der Waals surface area contributed by atoms with Gasteiger partial charge in [0.25, 0.3) is 5.91 Å². The number of nitrogen functional groups attached to an aromatic ring is 1. The second kappa shape index (κ2) is 7.29. The molecule has 0 aromatic heterocycles. The van der Waals surface area contributed by atoms with Crippen LogP contribution in [0.25, 0.3) is 0 Å². The molecule has 20 heavy (non-hydrogen) atoms. The normalized spacial score (nSPS) is 19.5. The van der Waals surface area contributed by atoms with Gasteiger partial charge in [-0.25, -0.2) is 0 Å². The Morgan fingerprint density at radius 2 is 2.05 bits per heavy atom. The third kappa shape index (κ3) is 3.73. The lowest BCUT2D eigenvalue weighted by molar-refractivity contribution is 0.0760. The SMILES string of the molecule is CCCC1CCCN(C(=O)c2ccc(NN)cc2)CC1. The van der Waals surface area contributed by atoms with Gasteiger partial charge in [-0.2, -0.15) is 0 Å². The van der Waals surface area contributed by atoms with E-state index in [0.717, 1.165) is 43.1 Å². The predicted molar refractivity (Wildman–Crippen MR) is 82.4 cm³/mol. The first-order valence-electron chi connectivity index (χ1n) is 7.60. The Bertz CT molecular complexity index is 430. The largest absolute Gasteiger partial charge is 0.339 e. The summed E-state index contributed by atoms with van der Waals surface area (Å²) in [6.45, 7) is 4.01. The molecule has 4 nitrogen and oxygen atoms in total. The van der Waals surface area contributed by atoms with Gasteiger partial charge in [-0.3, -0.25) is 10.6 Å². The van der Waals surface area contributed by atoms with Crippen molar-refractivity contribution in [3.05, 3.63) is 29.8 Å². The average molecular weight is 275 g/mol. The fraction of sp³-hybridized carbons (Fsp3) is 0.562. The molecular formula is C16H25N3O. The second-order valence-electron chi connectivity index (χ2n) is 5.60. The Morgan fingerprint density at radius 3 is 2.70 bits per heavy atom. The molecule has 1 atom stereocenters. The van der Waals surface area contributed by atoms with Crippen LogP contribution in [-0.2, 0) is 0 Å². The van der Waals surface area contributed by atoms with Gasteiger partial charge >= 0.3 is 0 Å². The number of hydrazine groups is 1. The summed E-state index contributed by atoms with van der Waals surface area (Å²) in [6, 6.07) is 7.35. The molecule has 3 N–H and O–H groups in total. The smallest absolute Gasteiger partial charge is 0.253 e. The Hall–Kier alpha value is -1.55. The molecule has 110 valence electrons. The number of likely N-dealkylation sites (tertiary alicyclic amines) is 1. The fourth-order valence-corrected chi connectivity index (χ4v) is 2.96. The number of carbonyl (C=O) groups is 1. The first kappa shape index (κ1) is 14.9. The van der Waals surface area contributed by atoms with E-state index in [-0.39, 0.29) is 5.91 Å². The van der Waals surface area contributed by atoms with E-state index in [1.165, 1.54) is 19.3 Å². The lowest BCUT2D eigenvalue weighted by Gasteiger charge is -2.21. The Morgan fingerprint density at radius 1 is 1.30 bits per heavy atom. The van der Waals surface area contributed by atoms with E-state index in [1.54, 1.807) is 0 Å². The van der Waals surface area contributed by atoms with Gasteiger partial charge in [0.2, 0.25) is 0 Å². The highest BCUT2D eigenvalue weighted by Gasteiger charge is 2.21. The lowest BCUT2D eigenvalue weighted by Crippen LogP contribution is -2.32. The van der Waals surface area contributed by atoms with Crippen LogP contribution in [0.2, 0.25) is 0 Å². The van der Waals surface area contributed by atoms with E-state index in [0.29, 0.717) is 0 Å². The standard InChI is InChI=1S/C16H25N3O/c1-2-4-13-5-3-11-19(12-10-13)16(20)14-6-8-15(18-17)9-7-14/h6-9,13,18H,2-5,10-12,17H2,1H3. The number of anilines is 1. The monoisotopic (exact) mass is 275 g/mol. The van der Waals surface area contributed by atoms with Gasteiger partial charge in [-0.15, -0.1) is 0 Å². The highest BCUT2D eigenvalue weighted by atomic mass is 16.2. The minimum absolute atomic E-state index is 0.144. The van der Waals surface area contributed by atoms with Crippen molar-refractivity contribution < 1.29 is 4.79 Å². The van der Waals surface area contributed by atoms with E-state index < -0.39 is 0 Å². The summed E-state index contributed by atoms with van der Waals surface area (Å²) in [7, 11) is 0. The van der Waals surface area contributed by atoms with Gasteiger partial charge in [-0.1, -0.05) is 19.8 Å². The lowest BCUT2D eigenvalue weighted by atomic mass is 9.96. The highest BCUT2D eigenvalue weighted by molar-refractivity contribution is 5.94. The molecule has 4 heteroatoms. The third-order valence-corrected chi connectivity index (χ3v) is 4.13. The zero-order valence-electron chi connectivity index (χ0n) is 12.3. The highest BCUT2D eigenvalue weighted by Crippen LogP contribution is 2.23. The van der Waals surface area contributed by atoms with Crippen LogP contribution in [0.15, 0.2) is 24.3 Å². The van der Waals surface area contributed by atoms with Crippen LogP contribution >= 0.6 is 0 Å². The number of rotatable bonds is 4. The second-order valence-corrected chi connectivity index (χ2v) is 5.60. The van der Waals surface area contributed by atoms with Crippen molar-refractivity contribution in [1.29, 1.82) is 0 Å². The van der Waals surface area contributed by atoms with Crippen molar-refractivity contribution in [3.63, 3.8) is 0 Å². The first-order valence-corrected chi connectivity index (χ1v) is 7.60. The molecular weight excluding hydrogens is 250 g/mol. The van der Waals surface area contributed by atoms with Crippen LogP contribution in [0, 0.1) is 5.92 Å². The number of carbonyl (C=O) groups excluding carboxylic acids is 1. The molecule has 1 saturated heterocycles. The molecule has 1 aromatic rings. The van der Waals surface area contributed by atoms with Gasteiger partial charge in [-0.05, 0) is 49.4 Å². The van der Waals surface area contributed by atoms with Gasteiger partial charge in [0.05, 0.1) is 0 Å². The fourth-order valence-electron chi connectivity index (χ4n) is 2.96. The van der Waals surface area contributed by atoms with Crippen LogP contribution in [0.3, 0.4) is 0 Å². The molecule has 1 fully saturated rings. The molecule has 1 amide bonds. The van der Waals surface area contributed by atoms with E-state index in [2.05, 4.69) is 12.3 Å². The Kier molecular flexibility index (Phi) is 5.41. The van der Waals surface area contributed by atoms with Gasteiger partial charge in [0, 0.05) is 24.3 Å². The molecule has 2 rings (SSSR count). The predicted octanol–water partition coefficient (Wildman–Crippen LogP) is 3.01. The molecule has 0 radical (unpaired) electrons. The maximum Gasteiger partial charge on any atom is 0.253 e. The number of nitrogens with two attached hydrogens (primary N) is 1. The zero-order valence-corrected chi connectivity index (χ0v) is 12.3. The van der Waals surface area contributed by atoms with E-state index >= 15 is 0 Å². The minimum Gasteiger partial charge on any atom is -0.339 e. The Labute approximate surface area is 121 Å². The van der Waals surface area contributed by atoms with Crippen LogP contribution in [-0.4, -0.2) is 23.9 Å². The first-order chi connectivity index (χ1) is 9.74. The quantitative estimate of drug-likeness (QED) is 0.656. The summed E-state index contributed by atoms with van der Waals surface area (Å²) >= 11 is 0. The van der Waals surface area contributed by atoms with Crippen molar-refractivity contribution >= 4 is 11.6 Å². The van der Waals surface area contributed by atoms with Crippen LogP contribution in [0.1, 0.15) is 49.4 Å². The maximum absolute atomic E-state index is 12.5. The number of nitrogens with one attached hydrogen (secondary N) is 1. The van der Waals surface area contributed by atoms with E-state index in [1.807, 2.05) is 29.2 Å². The molecule has 1 heterocycles. The molecule has 1 aliphatic rings. The van der Waals surface area contributed by atoms with Crippen molar-refractivity contribution in [3.8, 4) is 0 Å². The van der Waals surface area contributed by atoms with Crippen molar-refractivity contribution in [2.75, 3.05) is 18.5 Å². The Balaban J connectivity index is 1.97. The van der Waals surface area contributed by atoms with Crippen LogP contribution in [0.4, 0.5) is 5.69 Å². The average Bonchev–Trinajstić information content (AvgIpc) is 2.73. The number of benzene rings is 1. The van der Waals surface area contributed by atoms with Crippen molar-refractivity contribution in [2.45, 2.75) is 39.0 Å². The molecule has 0 spiro atoms. The summed E-state index contributed by atoms with van der Waals surface area (Å²) in [5.41, 5.74) is 4.15. The number of hydrogen-bond acceptors (Lipinski definition) is 3. The summed E-state index contributed by atoms with van der Waals surface area (Å²) in [6.07, 6.45) is 6.06. The van der Waals surface area contributed by atoms with Gasteiger partial charge in [0.15, 0.2) is 0 Å². The topological polar surface area (TPSA) is 58.4 Å². The number of amides is 1. The van der Waals surface area contributed by atoms with Crippen molar-refractivity contribution in [2.24, 2.45) is 11.8 Å². The van der Waals surface area contributed by atoms with Crippen molar-refractivity contribution in [1.82, 2.24) is 4.90 Å². The zero-order chi connectivity index (χ0) is 14.4. The molecule has 1 aromatic carbocycles. The number of nitrogens with zero attached hydrogens (tertiary/aromatic N) is 1. The van der Waals surface area contributed by atoms with Crippen LogP contribution < -0.4 is 11.3 Å². The summed E-state index contributed by atoms with van der Waals surface area (Å²) in [4.78, 5) is 14.5. The molecule has 0 aliphatic carbocycles.